The molecule has 0 aliphatic heterocycles. The summed E-state index contributed by atoms with van der Waals surface area (Å²) in [7, 11) is 4.10. The summed E-state index contributed by atoms with van der Waals surface area (Å²) < 4.78 is 4.53. The number of aromatic nitrogens is 3. The topological polar surface area (TPSA) is 27.2 Å². The van der Waals surface area contributed by atoms with Gasteiger partial charge in [-0.15, -0.1) is 0 Å². The van der Waals surface area contributed by atoms with E-state index in [0.717, 1.165) is 11.4 Å². The zero-order valence-electron chi connectivity index (χ0n) is 9.16. The summed E-state index contributed by atoms with van der Waals surface area (Å²) in [5, 5.41) is 4.22. The first kappa shape index (κ1) is 11.4. The lowest BCUT2D eigenvalue weighted by atomic mass is 10.3. The first-order valence-electron chi connectivity index (χ1n) is 5.05. The number of hydrogen-bond acceptors (Lipinski definition) is 2. The van der Waals surface area contributed by atoms with Crippen molar-refractivity contribution in [1.82, 2.24) is 14.3 Å². The van der Waals surface area contributed by atoms with Gasteiger partial charge < -0.3 is 9.47 Å². The van der Waals surface area contributed by atoms with Gasteiger partial charge in [0.05, 0.1) is 13.6 Å². The Kier molecular flexibility index (Phi) is 4.28. The van der Waals surface area contributed by atoms with Gasteiger partial charge in [0.25, 0.3) is 0 Å². The number of unbranched alkanes of at least 4 members (excludes halogenated alkanes) is 1. The second-order valence-electron chi connectivity index (χ2n) is 3.74. The molecule has 5 heteroatoms. The highest BCUT2D eigenvalue weighted by Crippen LogP contribution is 1.87. The van der Waals surface area contributed by atoms with Gasteiger partial charge in [0, 0.05) is 7.05 Å². The van der Waals surface area contributed by atoms with Crippen LogP contribution >= 0.6 is 12.2 Å². The van der Waals surface area contributed by atoms with Crippen molar-refractivity contribution in [2.45, 2.75) is 26.4 Å². The van der Waals surface area contributed by atoms with E-state index in [4.69, 9.17) is 12.2 Å². The number of nitrogens with zero attached hydrogens (tertiary/aromatic N) is 3. The van der Waals surface area contributed by atoms with E-state index >= 15 is 0 Å². The largest absolute Gasteiger partial charge is 0.319 e. The minimum atomic E-state index is 0.792. The molecule has 1 heterocycles. The highest BCUT2D eigenvalue weighted by molar-refractivity contribution is 7.71. The van der Waals surface area contributed by atoms with Crippen molar-refractivity contribution in [2.75, 3.05) is 13.6 Å². The highest BCUT2D eigenvalue weighted by atomic mass is 32.1. The summed E-state index contributed by atoms with van der Waals surface area (Å²) in [5.41, 5.74) is 0. The second-order valence-corrected chi connectivity index (χ2v) is 4.11. The third-order valence-corrected chi connectivity index (χ3v) is 2.76. The zero-order valence-corrected chi connectivity index (χ0v) is 9.97. The molecule has 0 saturated heterocycles. The predicted octanol–water partition coefficient (Wildman–Crippen LogP) is 0.223. The van der Waals surface area contributed by atoms with Crippen molar-refractivity contribution in [1.29, 1.82) is 0 Å². The minimum Gasteiger partial charge on any atom is -0.319 e. The summed E-state index contributed by atoms with van der Waals surface area (Å²) in [4.78, 5) is 1.45. The molecule has 80 valence electrons. The van der Waals surface area contributed by atoms with Crippen LogP contribution < -0.4 is 4.90 Å². The number of quaternary nitrogens is 1. The van der Waals surface area contributed by atoms with E-state index < -0.39 is 0 Å². The standard InChI is InChI=1S/C9H18N4S/c1-4-5-6-11(2)8-13-9(14)12(3)7-10-13/h7H,4-6,8H2,1-3H3/p+1. The van der Waals surface area contributed by atoms with E-state index in [1.54, 1.807) is 6.33 Å². The molecule has 1 atom stereocenters. The Labute approximate surface area is 90.1 Å². The average molecular weight is 215 g/mol. The maximum absolute atomic E-state index is 5.21. The first-order valence-corrected chi connectivity index (χ1v) is 5.45. The van der Waals surface area contributed by atoms with Crippen LogP contribution in [0.5, 0.6) is 0 Å². The molecule has 0 aromatic carbocycles. The summed E-state index contributed by atoms with van der Waals surface area (Å²) >= 11 is 5.21. The van der Waals surface area contributed by atoms with Gasteiger partial charge in [-0.1, -0.05) is 13.3 Å². The third kappa shape index (κ3) is 2.92. The van der Waals surface area contributed by atoms with Crippen molar-refractivity contribution in [3.05, 3.63) is 11.1 Å². The summed E-state index contributed by atoms with van der Waals surface area (Å²) in [6.45, 7) is 4.24. The van der Waals surface area contributed by atoms with Crippen molar-refractivity contribution >= 4 is 12.2 Å². The third-order valence-electron chi connectivity index (χ3n) is 2.26. The van der Waals surface area contributed by atoms with Crippen LogP contribution in [0.1, 0.15) is 19.8 Å². The molecule has 0 aliphatic rings. The molecular weight excluding hydrogens is 196 g/mol. The monoisotopic (exact) mass is 215 g/mol. The molecule has 1 rings (SSSR count). The first-order chi connectivity index (χ1) is 6.65. The van der Waals surface area contributed by atoms with Gasteiger partial charge in [-0.3, -0.25) is 0 Å². The molecule has 1 unspecified atom stereocenters. The van der Waals surface area contributed by atoms with Gasteiger partial charge in [0.1, 0.15) is 6.33 Å². The number of rotatable bonds is 5. The fourth-order valence-corrected chi connectivity index (χ4v) is 1.50. The highest BCUT2D eigenvalue weighted by Gasteiger charge is 2.04. The molecule has 1 N–H and O–H groups in total. The summed E-state index contributed by atoms with van der Waals surface area (Å²) in [6.07, 6.45) is 4.26. The SMILES string of the molecule is CCCC[NH+](C)Cn1ncn(C)c1=S. The van der Waals surface area contributed by atoms with Crippen LogP contribution in [0.25, 0.3) is 0 Å². The van der Waals surface area contributed by atoms with Crippen LogP contribution in [-0.2, 0) is 13.7 Å². The Morgan fingerprint density at radius 2 is 2.29 bits per heavy atom. The Bertz CT molecular complexity index is 328. The zero-order chi connectivity index (χ0) is 10.6. The number of nitrogens with one attached hydrogen (secondary N) is 1. The molecule has 14 heavy (non-hydrogen) atoms. The van der Waals surface area contributed by atoms with E-state index in [2.05, 4.69) is 19.1 Å². The second kappa shape index (κ2) is 5.26. The number of hydrogen-bond donors (Lipinski definition) is 1. The van der Waals surface area contributed by atoms with Crippen molar-refractivity contribution in [3.63, 3.8) is 0 Å². The van der Waals surface area contributed by atoms with E-state index in [1.807, 2.05) is 16.3 Å². The van der Waals surface area contributed by atoms with Gasteiger partial charge >= 0.3 is 0 Å². The molecule has 1 aromatic rings. The quantitative estimate of drug-likeness (QED) is 0.712. The van der Waals surface area contributed by atoms with Crippen molar-refractivity contribution in [2.24, 2.45) is 7.05 Å². The van der Waals surface area contributed by atoms with Crippen molar-refractivity contribution < 1.29 is 4.90 Å². The van der Waals surface area contributed by atoms with Crippen LogP contribution in [0, 0.1) is 4.77 Å². The van der Waals surface area contributed by atoms with E-state index in [1.165, 1.54) is 24.3 Å². The van der Waals surface area contributed by atoms with Gasteiger partial charge in [0.15, 0.2) is 6.67 Å². The molecule has 0 bridgehead atoms. The molecule has 0 amide bonds. The van der Waals surface area contributed by atoms with Gasteiger partial charge in [0.2, 0.25) is 4.77 Å². The fraction of sp³-hybridized carbons (Fsp3) is 0.778. The molecule has 1 aromatic heterocycles. The molecule has 0 fully saturated rings. The number of aryl methyl sites for hydroxylation is 1. The summed E-state index contributed by atoms with van der Waals surface area (Å²) in [6, 6.07) is 0. The maximum Gasteiger partial charge on any atom is 0.202 e. The molecular formula is C9H19N4S+. The lowest BCUT2D eigenvalue weighted by Crippen LogP contribution is -3.08. The van der Waals surface area contributed by atoms with Crippen LogP contribution in [0.3, 0.4) is 0 Å². The fourth-order valence-electron chi connectivity index (χ4n) is 1.34. The van der Waals surface area contributed by atoms with Crippen LogP contribution in [0.4, 0.5) is 0 Å². The molecule has 4 nitrogen and oxygen atoms in total. The molecule has 0 aliphatic carbocycles. The predicted molar refractivity (Wildman–Crippen MR) is 58.7 cm³/mol. The molecule has 0 saturated carbocycles. The van der Waals surface area contributed by atoms with E-state index in [0.29, 0.717) is 0 Å². The Balaban J connectivity index is 2.52. The smallest absolute Gasteiger partial charge is 0.202 e. The molecule has 0 spiro atoms. The van der Waals surface area contributed by atoms with Crippen LogP contribution in [0.15, 0.2) is 6.33 Å². The van der Waals surface area contributed by atoms with Gasteiger partial charge in [-0.2, -0.15) is 9.78 Å². The average Bonchev–Trinajstić information content (AvgIpc) is 2.46. The Morgan fingerprint density at radius 1 is 1.57 bits per heavy atom. The Hall–Kier alpha value is -0.680. The van der Waals surface area contributed by atoms with E-state index in [-0.39, 0.29) is 0 Å². The van der Waals surface area contributed by atoms with Crippen LogP contribution in [0.2, 0.25) is 0 Å². The minimum absolute atomic E-state index is 0.792. The van der Waals surface area contributed by atoms with Crippen molar-refractivity contribution in [3.8, 4) is 0 Å². The Morgan fingerprint density at radius 3 is 2.79 bits per heavy atom. The molecule has 0 radical (unpaired) electrons. The lowest BCUT2D eigenvalue weighted by Gasteiger charge is -2.12. The van der Waals surface area contributed by atoms with E-state index in [9.17, 15) is 0 Å². The van der Waals surface area contributed by atoms with Gasteiger partial charge in [-0.05, 0) is 18.6 Å². The normalized spacial score (nSPS) is 13.1. The lowest BCUT2D eigenvalue weighted by molar-refractivity contribution is -0.904. The van der Waals surface area contributed by atoms with Gasteiger partial charge in [-0.25, -0.2) is 0 Å². The van der Waals surface area contributed by atoms with Crippen LogP contribution in [-0.4, -0.2) is 27.9 Å². The summed E-state index contributed by atoms with van der Waals surface area (Å²) in [5.74, 6) is 0. The maximum atomic E-state index is 5.21.